The summed E-state index contributed by atoms with van der Waals surface area (Å²) in [6.45, 7) is 3.77. The maximum Gasteiger partial charge on any atom is 0.331 e. The minimum atomic E-state index is -0.771. The fourth-order valence-corrected chi connectivity index (χ4v) is 4.36. The number of halogens is 3. The summed E-state index contributed by atoms with van der Waals surface area (Å²) in [7, 11) is 0. The number of amides is 4. The Morgan fingerprint density at radius 2 is 1.80 bits per heavy atom. The lowest BCUT2D eigenvalue weighted by Crippen LogP contribution is -2.54. The third-order valence-corrected chi connectivity index (χ3v) is 5.71. The van der Waals surface area contributed by atoms with Crippen LogP contribution in [0.15, 0.2) is 63.6 Å². The maximum absolute atomic E-state index is 12.5. The fraction of sp³-hybridized carbons (Fsp3) is 0.0952. The highest BCUT2D eigenvalue weighted by Gasteiger charge is 2.34. The van der Waals surface area contributed by atoms with E-state index in [1.807, 2.05) is 18.2 Å². The predicted octanol–water partition coefficient (Wildman–Crippen LogP) is 5.09. The minimum absolute atomic E-state index is 0.00248. The number of urea groups is 1. The number of rotatable bonds is 6. The molecule has 2 aromatic rings. The molecule has 9 heteroatoms. The third-order valence-electron chi connectivity index (χ3n) is 4.16. The lowest BCUT2D eigenvalue weighted by molar-refractivity contribution is -0.129. The Kier molecular flexibility index (Phi) is 7.12. The number of nitrogens with one attached hydrogen (secondary N) is 1. The highest BCUT2D eigenvalue weighted by molar-refractivity contribution is 9.11. The number of hydrogen-bond donors (Lipinski definition) is 1. The van der Waals surface area contributed by atoms with Crippen LogP contribution in [0.5, 0.6) is 5.75 Å². The van der Waals surface area contributed by atoms with Crippen molar-refractivity contribution >= 4 is 67.4 Å². The van der Waals surface area contributed by atoms with E-state index in [9.17, 15) is 14.4 Å². The zero-order chi connectivity index (χ0) is 21.8. The van der Waals surface area contributed by atoms with Crippen LogP contribution in [-0.4, -0.2) is 29.3 Å². The van der Waals surface area contributed by atoms with Gasteiger partial charge in [0.05, 0.1) is 8.95 Å². The number of hydrogen-bond acceptors (Lipinski definition) is 4. The number of imide groups is 2. The average Bonchev–Trinajstić information content (AvgIpc) is 2.69. The molecular weight excluding hydrogens is 540 g/mol. The highest BCUT2D eigenvalue weighted by Crippen LogP contribution is 2.36. The number of carbonyl (C=O) groups is 3. The van der Waals surface area contributed by atoms with Crippen molar-refractivity contribution in [3.8, 4) is 5.75 Å². The van der Waals surface area contributed by atoms with Crippen LogP contribution >= 0.6 is 43.5 Å². The van der Waals surface area contributed by atoms with E-state index < -0.39 is 17.8 Å². The summed E-state index contributed by atoms with van der Waals surface area (Å²) in [5, 5.41) is 2.75. The van der Waals surface area contributed by atoms with E-state index in [0.29, 0.717) is 25.3 Å². The molecule has 0 spiro atoms. The predicted molar refractivity (Wildman–Crippen MR) is 121 cm³/mol. The van der Waals surface area contributed by atoms with Crippen molar-refractivity contribution in [2.24, 2.45) is 0 Å². The summed E-state index contributed by atoms with van der Waals surface area (Å²) in [5.74, 6) is -0.897. The van der Waals surface area contributed by atoms with Gasteiger partial charge in [-0.1, -0.05) is 35.9 Å². The lowest BCUT2D eigenvalue weighted by Gasteiger charge is -2.25. The Morgan fingerprint density at radius 1 is 1.13 bits per heavy atom. The van der Waals surface area contributed by atoms with Crippen molar-refractivity contribution in [3.63, 3.8) is 0 Å². The van der Waals surface area contributed by atoms with Crippen LogP contribution in [0.2, 0.25) is 5.02 Å². The molecule has 30 heavy (non-hydrogen) atoms. The van der Waals surface area contributed by atoms with Crippen LogP contribution < -0.4 is 10.1 Å². The van der Waals surface area contributed by atoms with Crippen LogP contribution in [0.3, 0.4) is 0 Å². The van der Waals surface area contributed by atoms with Gasteiger partial charge in [0.15, 0.2) is 0 Å². The molecule has 1 aliphatic heterocycles. The molecule has 1 aliphatic rings. The van der Waals surface area contributed by atoms with Crippen molar-refractivity contribution in [1.82, 2.24) is 10.2 Å². The minimum Gasteiger partial charge on any atom is -0.486 e. The van der Waals surface area contributed by atoms with Gasteiger partial charge in [0.1, 0.15) is 17.9 Å². The third kappa shape index (κ3) is 4.83. The number of barbiturate groups is 1. The number of ether oxygens (including phenoxy) is 1. The van der Waals surface area contributed by atoms with Crippen LogP contribution in [0, 0.1) is 0 Å². The Morgan fingerprint density at radius 3 is 2.43 bits per heavy atom. The Hall–Kier alpha value is -2.42. The summed E-state index contributed by atoms with van der Waals surface area (Å²) in [6, 6.07) is 10.00. The molecule has 2 aromatic carbocycles. The van der Waals surface area contributed by atoms with E-state index in [1.54, 1.807) is 18.2 Å². The first kappa shape index (κ1) is 22.3. The van der Waals surface area contributed by atoms with Crippen molar-refractivity contribution in [1.29, 1.82) is 0 Å². The average molecular weight is 555 g/mol. The van der Waals surface area contributed by atoms with Gasteiger partial charge in [-0.3, -0.25) is 19.8 Å². The van der Waals surface area contributed by atoms with Gasteiger partial charge in [-0.15, -0.1) is 6.58 Å². The number of benzene rings is 2. The van der Waals surface area contributed by atoms with Gasteiger partial charge < -0.3 is 4.74 Å². The molecule has 0 unspecified atom stereocenters. The molecule has 0 aliphatic carbocycles. The first-order valence-corrected chi connectivity index (χ1v) is 10.6. The highest BCUT2D eigenvalue weighted by atomic mass is 79.9. The van der Waals surface area contributed by atoms with Crippen LogP contribution in [0.25, 0.3) is 6.08 Å². The fourth-order valence-electron chi connectivity index (χ4n) is 2.72. The Bertz CT molecular complexity index is 1060. The van der Waals surface area contributed by atoms with E-state index in [-0.39, 0.29) is 18.7 Å². The van der Waals surface area contributed by atoms with Gasteiger partial charge in [-0.25, -0.2) is 4.79 Å². The molecular formula is C21H15Br2ClN2O4. The van der Waals surface area contributed by atoms with Gasteiger partial charge in [0, 0.05) is 17.1 Å². The van der Waals surface area contributed by atoms with Crippen molar-refractivity contribution in [3.05, 3.63) is 79.7 Å². The molecule has 4 amide bonds. The molecule has 0 atom stereocenters. The summed E-state index contributed by atoms with van der Waals surface area (Å²) >= 11 is 13.1. The molecule has 0 aromatic heterocycles. The Labute approximate surface area is 194 Å². The van der Waals surface area contributed by atoms with E-state index in [2.05, 4.69) is 43.8 Å². The second kappa shape index (κ2) is 9.59. The summed E-state index contributed by atoms with van der Waals surface area (Å²) in [4.78, 5) is 37.4. The van der Waals surface area contributed by atoms with Crippen LogP contribution in [0.4, 0.5) is 4.79 Å². The number of nitrogens with zero attached hydrogens (tertiary/aromatic N) is 1. The zero-order valence-corrected chi connectivity index (χ0v) is 19.4. The first-order chi connectivity index (χ1) is 14.3. The molecule has 1 saturated heterocycles. The molecule has 154 valence electrons. The maximum atomic E-state index is 12.5. The molecule has 3 rings (SSSR count). The van der Waals surface area contributed by atoms with E-state index in [4.69, 9.17) is 16.3 Å². The molecule has 0 bridgehead atoms. The van der Waals surface area contributed by atoms with Crippen molar-refractivity contribution in [2.45, 2.75) is 6.61 Å². The van der Waals surface area contributed by atoms with Crippen LogP contribution in [-0.2, 0) is 16.2 Å². The number of carbonyl (C=O) groups excluding carboxylic acids is 3. The quantitative estimate of drug-likeness (QED) is 0.307. The molecule has 6 nitrogen and oxygen atoms in total. The van der Waals surface area contributed by atoms with E-state index >= 15 is 0 Å². The van der Waals surface area contributed by atoms with Crippen LogP contribution in [0.1, 0.15) is 11.1 Å². The largest absolute Gasteiger partial charge is 0.486 e. The normalized spacial score (nSPS) is 15.4. The summed E-state index contributed by atoms with van der Waals surface area (Å²) in [5.41, 5.74) is 1.24. The van der Waals surface area contributed by atoms with E-state index in [0.717, 1.165) is 10.5 Å². The second-order valence-corrected chi connectivity index (χ2v) is 8.33. The standard InChI is InChI=1S/C21H15Br2ClN2O4/c1-2-7-26-20(28)14(19(27)25-21(26)29)8-12-9-15(22)18(16(23)10-12)30-11-13-5-3-4-6-17(13)24/h2-6,8-10H,1,7,11H2,(H,25,27,29). The summed E-state index contributed by atoms with van der Waals surface area (Å²) < 4.78 is 7.10. The second-order valence-electron chi connectivity index (χ2n) is 6.22. The van der Waals surface area contributed by atoms with Gasteiger partial charge in [-0.2, -0.15) is 0 Å². The molecule has 1 fully saturated rings. The van der Waals surface area contributed by atoms with Crippen molar-refractivity contribution in [2.75, 3.05) is 6.54 Å². The Balaban J connectivity index is 1.86. The van der Waals surface area contributed by atoms with E-state index in [1.165, 1.54) is 12.2 Å². The SMILES string of the molecule is C=CCN1C(=O)NC(=O)C(=Cc2cc(Br)c(OCc3ccccc3Cl)c(Br)c2)C1=O. The van der Waals surface area contributed by atoms with Gasteiger partial charge in [-0.05, 0) is 61.7 Å². The topological polar surface area (TPSA) is 75.7 Å². The lowest BCUT2D eigenvalue weighted by atomic mass is 10.1. The molecule has 0 saturated carbocycles. The molecule has 1 heterocycles. The first-order valence-electron chi connectivity index (χ1n) is 8.67. The summed E-state index contributed by atoms with van der Waals surface area (Å²) in [6.07, 6.45) is 2.82. The smallest absolute Gasteiger partial charge is 0.331 e. The van der Waals surface area contributed by atoms with Gasteiger partial charge >= 0.3 is 6.03 Å². The molecule has 0 radical (unpaired) electrons. The van der Waals surface area contributed by atoms with Crippen molar-refractivity contribution < 1.29 is 19.1 Å². The molecule has 1 N–H and O–H groups in total. The monoisotopic (exact) mass is 552 g/mol. The zero-order valence-electron chi connectivity index (χ0n) is 15.5. The van der Waals surface area contributed by atoms with Gasteiger partial charge in [0.25, 0.3) is 11.8 Å². The van der Waals surface area contributed by atoms with Gasteiger partial charge in [0.2, 0.25) is 0 Å².